The zero-order valence-electron chi connectivity index (χ0n) is 16.7. The number of benzene rings is 2. The molecular formula is C23H28FNO3. The maximum Gasteiger partial charge on any atom is 0.306 e. The van der Waals surface area contributed by atoms with E-state index in [2.05, 4.69) is 31.3 Å². The van der Waals surface area contributed by atoms with E-state index >= 15 is 0 Å². The van der Waals surface area contributed by atoms with Gasteiger partial charge in [-0.15, -0.1) is 0 Å². The summed E-state index contributed by atoms with van der Waals surface area (Å²) in [6.45, 7) is 6.65. The standard InChI is InChI=1S/C16H21NO3.C7H7F/c1-16(2)9-17-13-8-11(5-6-14(13)20-16)10-3-4-12(7-10)15(18)19;1-6-4-2-3-5-7(6)8/h5-6,8,10,12,17H,3-4,7,9H2,1-2H3,(H,18,19);2-5H,1H3. The summed E-state index contributed by atoms with van der Waals surface area (Å²) in [5.74, 6) is 0.274. The fourth-order valence-corrected chi connectivity index (χ4v) is 3.73. The van der Waals surface area contributed by atoms with Gasteiger partial charge in [0.2, 0.25) is 0 Å². The van der Waals surface area contributed by atoms with Gasteiger partial charge < -0.3 is 15.2 Å². The van der Waals surface area contributed by atoms with E-state index in [4.69, 9.17) is 9.84 Å². The van der Waals surface area contributed by atoms with Crippen molar-refractivity contribution in [2.45, 2.75) is 51.6 Å². The number of ether oxygens (including phenoxy) is 1. The number of carboxylic acid groups (broad SMARTS) is 1. The number of halogens is 1. The first-order chi connectivity index (χ1) is 13.2. The predicted octanol–water partition coefficient (Wildman–Crippen LogP) is 5.37. The van der Waals surface area contributed by atoms with Gasteiger partial charge in [0.1, 0.15) is 17.2 Å². The minimum atomic E-state index is -0.659. The molecule has 150 valence electrons. The summed E-state index contributed by atoms with van der Waals surface area (Å²) in [5, 5.41) is 12.5. The predicted molar refractivity (Wildman–Crippen MR) is 108 cm³/mol. The number of fused-ring (bicyclic) bond motifs is 1. The van der Waals surface area contributed by atoms with E-state index in [9.17, 15) is 9.18 Å². The minimum Gasteiger partial charge on any atom is -0.484 e. The molecule has 2 atom stereocenters. The van der Waals surface area contributed by atoms with E-state index in [0.29, 0.717) is 11.5 Å². The molecule has 5 heteroatoms. The van der Waals surface area contributed by atoms with Crippen LogP contribution in [0.15, 0.2) is 42.5 Å². The van der Waals surface area contributed by atoms with Crippen molar-refractivity contribution in [3.8, 4) is 5.75 Å². The lowest BCUT2D eigenvalue weighted by Crippen LogP contribution is -2.40. The lowest BCUT2D eigenvalue weighted by molar-refractivity contribution is -0.141. The Morgan fingerprint density at radius 3 is 2.57 bits per heavy atom. The van der Waals surface area contributed by atoms with Gasteiger partial charge in [-0.05, 0) is 75.3 Å². The Labute approximate surface area is 165 Å². The molecule has 0 radical (unpaired) electrons. The van der Waals surface area contributed by atoms with Crippen molar-refractivity contribution in [3.05, 3.63) is 59.4 Å². The van der Waals surface area contributed by atoms with Crippen molar-refractivity contribution in [2.24, 2.45) is 5.92 Å². The van der Waals surface area contributed by atoms with E-state index in [1.54, 1.807) is 19.1 Å². The number of anilines is 1. The molecule has 4 nitrogen and oxygen atoms in total. The summed E-state index contributed by atoms with van der Waals surface area (Å²) < 4.78 is 18.3. The number of nitrogens with one attached hydrogen (secondary N) is 1. The summed E-state index contributed by atoms with van der Waals surface area (Å²) in [6, 6.07) is 12.9. The first-order valence-electron chi connectivity index (χ1n) is 9.76. The zero-order valence-corrected chi connectivity index (χ0v) is 16.7. The average molecular weight is 385 g/mol. The Kier molecular flexibility index (Phi) is 5.92. The lowest BCUT2D eigenvalue weighted by Gasteiger charge is -2.34. The zero-order chi connectivity index (χ0) is 20.3. The molecule has 0 amide bonds. The van der Waals surface area contributed by atoms with E-state index < -0.39 is 5.97 Å². The number of hydrogen-bond donors (Lipinski definition) is 2. The third-order valence-electron chi connectivity index (χ3n) is 5.42. The number of carboxylic acids is 1. The summed E-state index contributed by atoms with van der Waals surface area (Å²) in [6.07, 6.45) is 2.50. The van der Waals surface area contributed by atoms with Crippen LogP contribution in [0.25, 0.3) is 0 Å². The van der Waals surface area contributed by atoms with Crippen molar-refractivity contribution in [1.82, 2.24) is 0 Å². The molecule has 1 fully saturated rings. The molecule has 2 aliphatic rings. The van der Waals surface area contributed by atoms with Gasteiger partial charge in [-0.3, -0.25) is 4.79 Å². The van der Waals surface area contributed by atoms with Crippen LogP contribution in [-0.4, -0.2) is 23.2 Å². The van der Waals surface area contributed by atoms with Crippen molar-refractivity contribution >= 4 is 11.7 Å². The third kappa shape index (κ3) is 4.83. The van der Waals surface area contributed by atoms with Gasteiger partial charge in [0.05, 0.1) is 18.2 Å². The van der Waals surface area contributed by atoms with Gasteiger partial charge in [0.15, 0.2) is 0 Å². The van der Waals surface area contributed by atoms with E-state index in [1.807, 2.05) is 12.1 Å². The Balaban J connectivity index is 0.000000236. The molecule has 2 aromatic carbocycles. The number of rotatable bonds is 2. The van der Waals surface area contributed by atoms with Crippen LogP contribution in [0.2, 0.25) is 0 Å². The topological polar surface area (TPSA) is 58.6 Å². The SMILES string of the molecule is CC1(C)CNc2cc(C3CCC(C(=O)O)C3)ccc2O1.Cc1ccccc1F. The van der Waals surface area contributed by atoms with Crippen LogP contribution in [0.3, 0.4) is 0 Å². The highest BCUT2D eigenvalue weighted by Crippen LogP contribution is 2.42. The molecule has 0 saturated heterocycles. The van der Waals surface area contributed by atoms with Gasteiger partial charge in [-0.25, -0.2) is 4.39 Å². The molecule has 1 saturated carbocycles. The second-order valence-electron chi connectivity index (χ2n) is 8.27. The number of aliphatic carboxylic acids is 1. The highest BCUT2D eigenvalue weighted by Gasteiger charge is 2.32. The summed E-state index contributed by atoms with van der Waals surface area (Å²) >= 11 is 0. The van der Waals surface area contributed by atoms with Crippen molar-refractivity contribution in [1.29, 1.82) is 0 Å². The second-order valence-corrected chi connectivity index (χ2v) is 8.27. The molecule has 0 bridgehead atoms. The first kappa shape index (κ1) is 20.2. The van der Waals surface area contributed by atoms with Crippen molar-refractivity contribution in [3.63, 3.8) is 0 Å². The Morgan fingerprint density at radius 2 is 1.96 bits per heavy atom. The van der Waals surface area contributed by atoms with Crippen LogP contribution in [0.1, 0.15) is 50.2 Å². The fourth-order valence-electron chi connectivity index (χ4n) is 3.73. The van der Waals surface area contributed by atoms with Crippen LogP contribution < -0.4 is 10.1 Å². The monoisotopic (exact) mass is 385 g/mol. The molecule has 2 aromatic rings. The second kappa shape index (κ2) is 8.21. The quantitative estimate of drug-likeness (QED) is 0.729. The molecule has 1 aliphatic carbocycles. The smallest absolute Gasteiger partial charge is 0.306 e. The van der Waals surface area contributed by atoms with Gasteiger partial charge in [-0.1, -0.05) is 24.3 Å². The van der Waals surface area contributed by atoms with Crippen molar-refractivity contribution < 1.29 is 19.0 Å². The summed E-state index contributed by atoms with van der Waals surface area (Å²) in [5.41, 5.74) is 2.77. The highest BCUT2D eigenvalue weighted by molar-refractivity contribution is 5.70. The van der Waals surface area contributed by atoms with E-state index in [0.717, 1.165) is 37.2 Å². The van der Waals surface area contributed by atoms with Crippen LogP contribution in [-0.2, 0) is 4.79 Å². The van der Waals surface area contributed by atoms with Crippen LogP contribution >= 0.6 is 0 Å². The number of hydrogen-bond acceptors (Lipinski definition) is 3. The third-order valence-corrected chi connectivity index (χ3v) is 5.42. The van der Waals surface area contributed by atoms with Gasteiger partial charge >= 0.3 is 5.97 Å². The Hall–Kier alpha value is -2.56. The van der Waals surface area contributed by atoms with Crippen LogP contribution in [0.5, 0.6) is 5.75 Å². The van der Waals surface area contributed by atoms with Crippen LogP contribution in [0.4, 0.5) is 10.1 Å². The summed E-state index contributed by atoms with van der Waals surface area (Å²) in [4.78, 5) is 11.1. The van der Waals surface area contributed by atoms with E-state index in [-0.39, 0.29) is 17.3 Å². The molecule has 0 aromatic heterocycles. The number of carbonyl (C=O) groups is 1. The largest absolute Gasteiger partial charge is 0.484 e. The molecule has 0 spiro atoms. The molecule has 2 N–H and O–H groups in total. The van der Waals surface area contributed by atoms with Gasteiger partial charge in [-0.2, -0.15) is 0 Å². The van der Waals surface area contributed by atoms with E-state index in [1.165, 1.54) is 11.6 Å². The van der Waals surface area contributed by atoms with Gasteiger partial charge in [0.25, 0.3) is 0 Å². The molecular weight excluding hydrogens is 357 g/mol. The maximum absolute atomic E-state index is 12.3. The van der Waals surface area contributed by atoms with Crippen LogP contribution in [0, 0.1) is 18.7 Å². The fraction of sp³-hybridized carbons (Fsp3) is 0.435. The molecule has 2 unspecified atom stereocenters. The Morgan fingerprint density at radius 1 is 1.21 bits per heavy atom. The number of aryl methyl sites for hydroxylation is 1. The summed E-state index contributed by atoms with van der Waals surface area (Å²) in [7, 11) is 0. The molecule has 4 rings (SSSR count). The molecule has 1 heterocycles. The normalized spacial score (nSPS) is 22.1. The lowest BCUT2D eigenvalue weighted by atomic mass is 9.95. The van der Waals surface area contributed by atoms with Crippen molar-refractivity contribution in [2.75, 3.05) is 11.9 Å². The highest BCUT2D eigenvalue weighted by atomic mass is 19.1. The minimum absolute atomic E-state index is 0.132. The molecule has 1 aliphatic heterocycles. The van der Waals surface area contributed by atoms with Gasteiger partial charge in [0, 0.05) is 0 Å². The average Bonchev–Trinajstić information content (AvgIpc) is 3.14. The maximum atomic E-state index is 12.3. The first-order valence-corrected chi connectivity index (χ1v) is 9.76. The Bertz CT molecular complexity index is 828. The molecule has 28 heavy (non-hydrogen) atoms.